The lowest BCUT2D eigenvalue weighted by Crippen LogP contribution is -2.40. The van der Waals surface area contributed by atoms with Crippen molar-refractivity contribution < 1.29 is 33.9 Å². The number of carbonyl (C=O) groups excluding carboxylic acids is 1. The molecule has 0 fully saturated rings. The Bertz CT molecular complexity index is 273. The molecule has 2 N–H and O–H groups in total. The SMILES string of the molecule is CCOCCOCCNC(CCC(=O)O)C(=O)OOC. The molecule has 20 heavy (non-hydrogen) atoms. The molecule has 1 unspecified atom stereocenters. The molecule has 1 atom stereocenters. The molecule has 0 aliphatic carbocycles. The molecule has 0 heterocycles. The summed E-state index contributed by atoms with van der Waals surface area (Å²) < 4.78 is 10.4. The fourth-order valence-corrected chi connectivity index (χ4v) is 1.38. The number of carbonyl (C=O) groups is 2. The van der Waals surface area contributed by atoms with E-state index in [-0.39, 0.29) is 12.8 Å². The Morgan fingerprint density at radius 3 is 2.50 bits per heavy atom. The first kappa shape index (κ1) is 18.8. The molecule has 0 rings (SSSR count). The molecule has 0 spiro atoms. The molecule has 0 radical (unpaired) electrons. The van der Waals surface area contributed by atoms with Crippen LogP contribution in [0, 0.1) is 0 Å². The lowest BCUT2D eigenvalue weighted by molar-refractivity contribution is -0.257. The van der Waals surface area contributed by atoms with Crippen LogP contribution in [-0.2, 0) is 28.8 Å². The van der Waals surface area contributed by atoms with Gasteiger partial charge in [0.25, 0.3) is 0 Å². The molecule has 0 saturated carbocycles. The van der Waals surface area contributed by atoms with E-state index in [1.807, 2.05) is 6.92 Å². The van der Waals surface area contributed by atoms with Gasteiger partial charge in [0.1, 0.15) is 6.04 Å². The summed E-state index contributed by atoms with van der Waals surface area (Å²) in [4.78, 5) is 30.7. The molecule has 0 aliphatic heterocycles. The third-order valence-corrected chi connectivity index (χ3v) is 2.31. The van der Waals surface area contributed by atoms with Gasteiger partial charge in [0.2, 0.25) is 0 Å². The van der Waals surface area contributed by atoms with Gasteiger partial charge in [0, 0.05) is 19.6 Å². The highest BCUT2D eigenvalue weighted by Crippen LogP contribution is 2.00. The first-order valence-electron chi connectivity index (χ1n) is 6.47. The summed E-state index contributed by atoms with van der Waals surface area (Å²) in [5, 5.41) is 11.5. The van der Waals surface area contributed by atoms with Crippen molar-refractivity contribution in [1.29, 1.82) is 0 Å². The van der Waals surface area contributed by atoms with Crippen molar-refractivity contribution >= 4 is 11.9 Å². The Morgan fingerprint density at radius 2 is 1.90 bits per heavy atom. The first-order chi connectivity index (χ1) is 9.61. The van der Waals surface area contributed by atoms with Crippen molar-refractivity contribution in [2.45, 2.75) is 25.8 Å². The maximum atomic E-state index is 11.5. The quantitative estimate of drug-likeness (QED) is 0.277. The Hall–Kier alpha value is -1.22. The van der Waals surface area contributed by atoms with Crippen molar-refractivity contribution in [2.75, 3.05) is 40.1 Å². The van der Waals surface area contributed by atoms with Gasteiger partial charge in [-0.2, -0.15) is 4.89 Å². The highest BCUT2D eigenvalue weighted by atomic mass is 17.2. The minimum Gasteiger partial charge on any atom is -0.481 e. The van der Waals surface area contributed by atoms with Gasteiger partial charge in [-0.25, -0.2) is 4.79 Å². The van der Waals surface area contributed by atoms with Crippen LogP contribution in [0.1, 0.15) is 19.8 Å². The maximum Gasteiger partial charge on any atom is 0.359 e. The molecule has 8 nitrogen and oxygen atoms in total. The lowest BCUT2D eigenvalue weighted by Gasteiger charge is -2.15. The average Bonchev–Trinajstić information content (AvgIpc) is 2.41. The number of carboxylic acid groups (broad SMARTS) is 1. The third kappa shape index (κ3) is 10.7. The zero-order valence-electron chi connectivity index (χ0n) is 11.9. The monoisotopic (exact) mass is 293 g/mol. The number of nitrogens with one attached hydrogen (secondary N) is 1. The van der Waals surface area contributed by atoms with Crippen molar-refractivity contribution in [3.05, 3.63) is 0 Å². The summed E-state index contributed by atoms with van der Waals surface area (Å²) in [5.74, 6) is -1.63. The Balaban J connectivity index is 3.84. The highest BCUT2D eigenvalue weighted by Gasteiger charge is 2.21. The molecule has 0 aromatic heterocycles. The molecule has 8 heteroatoms. The molecule has 0 aliphatic rings. The van der Waals surface area contributed by atoms with Crippen LogP contribution in [0.4, 0.5) is 0 Å². The third-order valence-electron chi connectivity index (χ3n) is 2.31. The van der Waals surface area contributed by atoms with Crippen LogP contribution in [-0.4, -0.2) is 63.2 Å². The summed E-state index contributed by atoms with van der Waals surface area (Å²) in [6, 6.07) is -0.735. The summed E-state index contributed by atoms with van der Waals surface area (Å²) in [7, 11) is 1.21. The van der Waals surface area contributed by atoms with Gasteiger partial charge in [-0.1, -0.05) is 0 Å². The van der Waals surface area contributed by atoms with Crippen LogP contribution >= 0.6 is 0 Å². The van der Waals surface area contributed by atoms with E-state index in [0.717, 1.165) is 0 Å². The van der Waals surface area contributed by atoms with Crippen LogP contribution in [0.3, 0.4) is 0 Å². The average molecular weight is 293 g/mol. The maximum absolute atomic E-state index is 11.5. The molecular formula is C12H23NO7. The van der Waals surface area contributed by atoms with Crippen LogP contribution in [0.15, 0.2) is 0 Å². The van der Waals surface area contributed by atoms with Crippen molar-refractivity contribution in [2.24, 2.45) is 0 Å². The van der Waals surface area contributed by atoms with Crippen LogP contribution in [0.25, 0.3) is 0 Å². The van der Waals surface area contributed by atoms with Crippen LogP contribution in [0.2, 0.25) is 0 Å². The molecular weight excluding hydrogens is 270 g/mol. The molecule has 118 valence electrons. The van der Waals surface area contributed by atoms with E-state index < -0.39 is 18.0 Å². The fourth-order valence-electron chi connectivity index (χ4n) is 1.38. The first-order valence-corrected chi connectivity index (χ1v) is 6.47. The van der Waals surface area contributed by atoms with Gasteiger partial charge in [0.05, 0.1) is 26.9 Å². The number of hydrogen-bond acceptors (Lipinski definition) is 7. The molecule has 0 amide bonds. The largest absolute Gasteiger partial charge is 0.481 e. The Kier molecular flexibility index (Phi) is 12.0. The zero-order chi connectivity index (χ0) is 15.2. The summed E-state index contributed by atoms with van der Waals surface area (Å²) in [5.41, 5.74) is 0. The molecule has 0 aromatic carbocycles. The minimum atomic E-state index is -0.977. The van der Waals surface area contributed by atoms with Gasteiger partial charge in [-0.3, -0.25) is 9.68 Å². The standard InChI is InChI=1S/C12H23NO7/c1-3-18-8-9-19-7-6-13-10(4-5-11(14)15)12(16)20-17-2/h10,13H,3-9H2,1-2H3,(H,14,15). The van der Waals surface area contributed by atoms with E-state index in [0.29, 0.717) is 33.0 Å². The Labute approximate surface area is 118 Å². The van der Waals surface area contributed by atoms with E-state index in [2.05, 4.69) is 15.1 Å². The van der Waals surface area contributed by atoms with Gasteiger partial charge in [0.15, 0.2) is 0 Å². The smallest absolute Gasteiger partial charge is 0.359 e. The number of ether oxygens (including phenoxy) is 2. The van der Waals surface area contributed by atoms with Gasteiger partial charge in [-0.05, 0) is 13.3 Å². The number of carboxylic acids is 1. The van der Waals surface area contributed by atoms with Crippen molar-refractivity contribution in [1.82, 2.24) is 5.32 Å². The van der Waals surface area contributed by atoms with Gasteiger partial charge >= 0.3 is 11.9 Å². The van der Waals surface area contributed by atoms with E-state index >= 15 is 0 Å². The van der Waals surface area contributed by atoms with E-state index in [1.54, 1.807) is 0 Å². The Morgan fingerprint density at radius 1 is 1.20 bits per heavy atom. The fraction of sp³-hybridized carbons (Fsp3) is 0.833. The second kappa shape index (κ2) is 12.8. The summed E-state index contributed by atoms with van der Waals surface area (Å²) in [6.07, 6.45) is -0.0157. The molecule has 0 aromatic rings. The van der Waals surface area contributed by atoms with Gasteiger partial charge in [-0.15, -0.1) is 0 Å². The zero-order valence-corrected chi connectivity index (χ0v) is 11.9. The van der Waals surface area contributed by atoms with Crippen molar-refractivity contribution in [3.63, 3.8) is 0 Å². The number of hydrogen-bond donors (Lipinski definition) is 2. The van der Waals surface area contributed by atoms with Crippen LogP contribution < -0.4 is 5.32 Å². The minimum absolute atomic E-state index is 0.122. The van der Waals surface area contributed by atoms with E-state index in [4.69, 9.17) is 14.6 Å². The molecule has 0 bridgehead atoms. The van der Waals surface area contributed by atoms with E-state index in [1.165, 1.54) is 7.11 Å². The van der Waals surface area contributed by atoms with Crippen molar-refractivity contribution in [3.8, 4) is 0 Å². The second-order valence-corrected chi connectivity index (χ2v) is 3.82. The highest BCUT2D eigenvalue weighted by molar-refractivity contribution is 5.76. The van der Waals surface area contributed by atoms with E-state index in [9.17, 15) is 9.59 Å². The number of rotatable bonds is 13. The second-order valence-electron chi connectivity index (χ2n) is 3.82. The van der Waals surface area contributed by atoms with Gasteiger partial charge < -0.3 is 19.9 Å². The summed E-state index contributed by atoms with van der Waals surface area (Å²) >= 11 is 0. The summed E-state index contributed by atoms with van der Waals surface area (Å²) in [6.45, 7) is 4.31. The predicted molar refractivity (Wildman–Crippen MR) is 69.1 cm³/mol. The predicted octanol–water partition coefficient (Wildman–Crippen LogP) is -0.0329. The number of aliphatic carboxylic acids is 1. The normalized spacial score (nSPS) is 12.1. The lowest BCUT2D eigenvalue weighted by atomic mass is 10.1. The van der Waals surface area contributed by atoms with Crippen LogP contribution in [0.5, 0.6) is 0 Å². The molecule has 0 saturated heterocycles. The topological polar surface area (TPSA) is 103 Å².